The lowest BCUT2D eigenvalue weighted by Crippen LogP contribution is -2.82. The second-order valence-corrected chi connectivity index (χ2v) is 4.99. The Hall–Kier alpha value is -2.60. The summed E-state index contributed by atoms with van der Waals surface area (Å²) in [6.07, 6.45) is 1.79. The van der Waals surface area contributed by atoms with Crippen LogP contribution in [0.15, 0.2) is 48.5 Å². The molecule has 2 aromatic carbocycles. The van der Waals surface area contributed by atoms with E-state index in [2.05, 4.69) is 15.8 Å². The predicted octanol–water partition coefficient (Wildman–Crippen LogP) is 1.50. The van der Waals surface area contributed by atoms with E-state index in [1.807, 2.05) is 55.5 Å². The summed E-state index contributed by atoms with van der Waals surface area (Å²) < 4.78 is 10.8. The number of anilines is 1. The van der Waals surface area contributed by atoms with Crippen LogP contribution in [0.25, 0.3) is 0 Å². The molecule has 0 aliphatic heterocycles. The van der Waals surface area contributed by atoms with Crippen molar-refractivity contribution in [2.75, 3.05) is 19.0 Å². The van der Waals surface area contributed by atoms with Crippen molar-refractivity contribution in [3.8, 4) is 11.5 Å². The van der Waals surface area contributed by atoms with Crippen molar-refractivity contribution in [2.24, 2.45) is 0 Å². The molecule has 3 N–H and O–H groups in total. The van der Waals surface area contributed by atoms with Gasteiger partial charge in [0.25, 0.3) is 0 Å². The van der Waals surface area contributed by atoms with Gasteiger partial charge in [0, 0.05) is 11.3 Å². The molecule has 6 heteroatoms. The first-order chi connectivity index (χ1) is 11.2. The highest BCUT2D eigenvalue weighted by molar-refractivity contribution is 7.80. The van der Waals surface area contributed by atoms with Crippen LogP contribution in [0, 0.1) is 0 Å². The Morgan fingerprint density at radius 3 is 2.65 bits per heavy atom. The minimum Gasteiger partial charge on any atom is -0.493 e. The Labute approximate surface area is 141 Å². The number of para-hydroxylation sites is 1. The van der Waals surface area contributed by atoms with Crippen molar-refractivity contribution in [1.29, 1.82) is 0 Å². The highest BCUT2D eigenvalue weighted by atomic mass is 32.1. The zero-order valence-corrected chi connectivity index (χ0v) is 13.9. The third kappa shape index (κ3) is 5.27. The Bertz CT molecular complexity index is 675. The smallest absolute Gasteiger partial charge is 0.228 e. The second-order valence-electron chi connectivity index (χ2n) is 4.58. The second kappa shape index (κ2) is 8.75. The van der Waals surface area contributed by atoms with E-state index in [1.54, 1.807) is 13.3 Å². The summed E-state index contributed by atoms with van der Waals surface area (Å²) in [5.74, 6) is 1.41. The van der Waals surface area contributed by atoms with Gasteiger partial charge in [-0.15, -0.1) is 10.5 Å². The number of hydrazone groups is 1. The van der Waals surface area contributed by atoms with Crippen molar-refractivity contribution < 1.29 is 14.6 Å². The topological polar surface area (TPSA) is 56.5 Å². The Kier molecular flexibility index (Phi) is 6.38. The minimum atomic E-state index is 0.478. The monoisotopic (exact) mass is 330 g/mol. The molecular weight excluding hydrogens is 310 g/mol. The lowest BCUT2D eigenvalue weighted by atomic mass is 10.2. The zero-order chi connectivity index (χ0) is 16.5. The molecule has 0 fully saturated rings. The van der Waals surface area contributed by atoms with Crippen molar-refractivity contribution in [3.05, 3.63) is 54.1 Å². The van der Waals surface area contributed by atoms with Gasteiger partial charge in [-0.1, -0.05) is 18.2 Å². The average Bonchev–Trinajstić information content (AvgIpc) is 2.56. The van der Waals surface area contributed by atoms with E-state index in [4.69, 9.17) is 21.7 Å². The van der Waals surface area contributed by atoms with E-state index >= 15 is 0 Å². The van der Waals surface area contributed by atoms with Crippen LogP contribution in [0.3, 0.4) is 0 Å². The quantitative estimate of drug-likeness (QED) is 0.426. The summed E-state index contributed by atoms with van der Waals surface area (Å²) in [4.78, 5) is 0. The van der Waals surface area contributed by atoms with Crippen molar-refractivity contribution in [3.63, 3.8) is 0 Å². The fraction of sp³-hybridized carbons (Fsp3) is 0.176. The molecule has 0 bridgehead atoms. The van der Waals surface area contributed by atoms with Gasteiger partial charge in [-0.3, -0.25) is 0 Å². The van der Waals surface area contributed by atoms with Crippen LogP contribution in [-0.2, 0) is 0 Å². The van der Waals surface area contributed by atoms with Crippen LogP contribution in [0.2, 0.25) is 0 Å². The molecule has 0 saturated heterocycles. The van der Waals surface area contributed by atoms with Crippen LogP contribution in [-0.4, -0.2) is 25.0 Å². The highest BCUT2D eigenvalue weighted by Crippen LogP contribution is 2.27. The van der Waals surface area contributed by atoms with Crippen LogP contribution in [0.4, 0.5) is 5.69 Å². The third-order valence-corrected chi connectivity index (χ3v) is 3.15. The molecule has 0 aliphatic rings. The van der Waals surface area contributed by atoms with Crippen molar-refractivity contribution in [1.82, 2.24) is 5.43 Å². The van der Waals surface area contributed by atoms with Crippen LogP contribution >= 0.6 is 12.2 Å². The van der Waals surface area contributed by atoms with E-state index in [1.165, 1.54) is 0 Å². The maximum absolute atomic E-state index is 5.54. The van der Waals surface area contributed by atoms with Crippen LogP contribution in [0.1, 0.15) is 12.5 Å². The third-order valence-electron chi connectivity index (χ3n) is 2.94. The highest BCUT2D eigenvalue weighted by Gasteiger charge is 2.05. The van der Waals surface area contributed by atoms with E-state index in [9.17, 15) is 0 Å². The first-order valence-electron chi connectivity index (χ1n) is 7.24. The molecule has 0 amide bonds. The minimum absolute atomic E-state index is 0.478. The van der Waals surface area contributed by atoms with E-state index in [-0.39, 0.29) is 0 Å². The molecule has 0 saturated carbocycles. The van der Waals surface area contributed by atoms with E-state index < -0.39 is 0 Å². The number of methoxy groups -OCH3 is 1. The summed E-state index contributed by atoms with van der Waals surface area (Å²) >= 11 is 5.21. The van der Waals surface area contributed by atoms with Crippen LogP contribution in [0.5, 0.6) is 11.5 Å². The van der Waals surface area contributed by atoms with Gasteiger partial charge in [-0.2, -0.15) is 0 Å². The van der Waals surface area contributed by atoms with Crippen molar-refractivity contribution in [2.45, 2.75) is 6.92 Å². The van der Waals surface area contributed by atoms with Gasteiger partial charge >= 0.3 is 0 Å². The lowest BCUT2D eigenvalue weighted by Gasteiger charge is -2.08. The molecule has 0 aromatic heterocycles. The fourth-order valence-corrected chi connectivity index (χ4v) is 2.10. The fourth-order valence-electron chi connectivity index (χ4n) is 1.92. The Morgan fingerprint density at radius 1 is 1.17 bits per heavy atom. The first-order valence-corrected chi connectivity index (χ1v) is 7.65. The molecule has 0 spiro atoms. The normalized spacial score (nSPS) is 10.3. The molecule has 5 nitrogen and oxygen atoms in total. The standard InChI is InChI=1S/C17H19N3O2S/c1-3-22-16-11-13(9-10-15(16)21-2)12-18-20-17(23)19-14-7-5-4-6-8-14/h4-12H,3H2,1-2H3,(H2,19,20,23)/p+1. The Balaban J connectivity index is 1.94. The molecule has 0 heterocycles. The predicted molar refractivity (Wildman–Crippen MR) is 96.1 cm³/mol. The number of benzene rings is 2. The van der Waals surface area contributed by atoms with Gasteiger partial charge < -0.3 is 14.8 Å². The van der Waals surface area contributed by atoms with E-state index in [0.717, 1.165) is 11.3 Å². The Morgan fingerprint density at radius 2 is 1.96 bits per heavy atom. The first kappa shape index (κ1) is 16.8. The maximum atomic E-state index is 5.54. The molecular formula is C17H20N3O2S+. The molecule has 0 aliphatic carbocycles. The summed E-state index contributed by atoms with van der Waals surface area (Å²) in [6, 6.07) is 15.4. The molecule has 0 unspecified atom stereocenters. The summed E-state index contributed by atoms with van der Waals surface area (Å²) in [5.41, 5.74) is 4.76. The molecule has 2 aromatic rings. The van der Waals surface area contributed by atoms with E-state index in [0.29, 0.717) is 23.2 Å². The van der Waals surface area contributed by atoms with Crippen LogP contribution < -0.4 is 25.3 Å². The van der Waals surface area contributed by atoms with Gasteiger partial charge in [0.2, 0.25) is 5.11 Å². The molecule has 23 heavy (non-hydrogen) atoms. The van der Waals surface area contributed by atoms with Gasteiger partial charge in [0.1, 0.15) is 0 Å². The summed E-state index contributed by atoms with van der Waals surface area (Å²) in [6.45, 7) is 2.51. The molecule has 2 rings (SSSR count). The number of hydrogen-bond donors (Lipinski definition) is 3. The molecule has 120 valence electrons. The number of ether oxygens (including phenoxy) is 2. The van der Waals surface area contributed by atoms with Gasteiger partial charge in [0.15, 0.2) is 17.7 Å². The zero-order valence-electron chi connectivity index (χ0n) is 13.1. The van der Waals surface area contributed by atoms with Gasteiger partial charge in [0.05, 0.1) is 13.7 Å². The number of thiocarbonyl (C=S) groups is 1. The summed E-state index contributed by atoms with van der Waals surface area (Å²) in [5, 5.41) is 6.50. The maximum Gasteiger partial charge on any atom is 0.228 e. The number of nitrogens with one attached hydrogen (secondary N) is 3. The average molecular weight is 330 g/mol. The number of hydrazine groups is 1. The SMILES string of the molecule is CCOc1cc(C=[NH+]NC(=S)Nc2ccccc2)ccc1OC. The molecule has 0 radical (unpaired) electrons. The van der Waals surface area contributed by atoms with Crippen molar-refractivity contribution >= 4 is 29.2 Å². The molecule has 0 atom stereocenters. The van der Waals surface area contributed by atoms with Gasteiger partial charge in [-0.05, 0) is 49.5 Å². The lowest BCUT2D eigenvalue weighted by molar-refractivity contribution is -0.499. The summed E-state index contributed by atoms with van der Waals surface area (Å²) in [7, 11) is 1.62. The largest absolute Gasteiger partial charge is 0.493 e. The number of hydrogen-bond acceptors (Lipinski definition) is 3. The van der Waals surface area contributed by atoms with Gasteiger partial charge in [-0.25, -0.2) is 0 Å². The number of rotatable bonds is 6.